The van der Waals surface area contributed by atoms with Crippen LogP contribution in [0.1, 0.15) is 19.8 Å². The predicted molar refractivity (Wildman–Crippen MR) is 87.8 cm³/mol. The van der Waals surface area contributed by atoms with Crippen LogP contribution in [-0.4, -0.2) is 60.8 Å². The van der Waals surface area contributed by atoms with E-state index in [1.807, 2.05) is 0 Å². The van der Waals surface area contributed by atoms with E-state index in [0.29, 0.717) is 19.4 Å². The zero-order valence-corrected chi connectivity index (χ0v) is 14.6. The minimum Gasteiger partial charge on any atom is -0.480 e. The van der Waals surface area contributed by atoms with Gasteiger partial charge in [-0.05, 0) is 31.9 Å². The van der Waals surface area contributed by atoms with Crippen LogP contribution in [0.25, 0.3) is 0 Å². The van der Waals surface area contributed by atoms with Gasteiger partial charge in [0.05, 0.1) is 10.8 Å². The van der Waals surface area contributed by atoms with Gasteiger partial charge in [-0.3, -0.25) is 4.79 Å². The molecule has 8 heteroatoms. The Labute approximate surface area is 141 Å². The van der Waals surface area contributed by atoms with Crippen LogP contribution in [0.3, 0.4) is 0 Å². The highest BCUT2D eigenvalue weighted by Crippen LogP contribution is 2.25. The molecule has 0 radical (unpaired) electrons. The van der Waals surface area contributed by atoms with E-state index in [0.717, 1.165) is 0 Å². The fourth-order valence-corrected chi connectivity index (χ4v) is 4.29. The zero-order valence-electron chi connectivity index (χ0n) is 13.8. The molecule has 1 fully saturated rings. The Morgan fingerprint density at radius 2 is 1.92 bits per heavy atom. The SMILES string of the molecule is CC(C(=O)O)N(C)C(=O)C1CCCN(S(=O)(=O)c2ccccc2)C1. The Kier molecular flexibility index (Phi) is 5.61. The van der Waals surface area contributed by atoms with Crippen molar-refractivity contribution in [1.29, 1.82) is 0 Å². The molecule has 0 saturated carbocycles. The topological polar surface area (TPSA) is 95.0 Å². The molecule has 1 amide bonds. The molecule has 1 aliphatic rings. The fraction of sp³-hybridized carbons (Fsp3) is 0.500. The number of hydrogen-bond donors (Lipinski definition) is 1. The minimum absolute atomic E-state index is 0.0761. The van der Waals surface area contributed by atoms with Crippen LogP contribution >= 0.6 is 0 Å². The van der Waals surface area contributed by atoms with Crippen LogP contribution in [0.5, 0.6) is 0 Å². The second-order valence-corrected chi connectivity index (χ2v) is 7.92. The van der Waals surface area contributed by atoms with Crippen LogP contribution in [0.4, 0.5) is 0 Å². The molecule has 0 bridgehead atoms. The van der Waals surface area contributed by atoms with Crippen molar-refractivity contribution in [2.24, 2.45) is 5.92 Å². The number of carbonyl (C=O) groups excluding carboxylic acids is 1. The number of sulfonamides is 1. The monoisotopic (exact) mass is 354 g/mol. The maximum atomic E-state index is 12.7. The summed E-state index contributed by atoms with van der Waals surface area (Å²) in [6, 6.07) is 7.16. The highest BCUT2D eigenvalue weighted by atomic mass is 32.2. The van der Waals surface area contributed by atoms with E-state index >= 15 is 0 Å². The minimum atomic E-state index is -3.64. The van der Waals surface area contributed by atoms with Gasteiger partial charge in [0, 0.05) is 20.1 Å². The van der Waals surface area contributed by atoms with Gasteiger partial charge in [-0.25, -0.2) is 13.2 Å². The Morgan fingerprint density at radius 1 is 1.29 bits per heavy atom. The molecule has 1 N–H and O–H groups in total. The third-order valence-electron chi connectivity index (χ3n) is 4.40. The second-order valence-electron chi connectivity index (χ2n) is 5.98. The average molecular weight is 354 g/mol. The van der Waals surface area contributed by atoms with Gasteiger partial charge >= 0.3 is 5.97 Å². The summed E-state index contributed by atoms with van der Waals surface area (Å²) in [5, 5.41) is 9.03. The molecule has 0 aromatic heterocycles. The van der Waals surface area contributed by atoms with Crippen molar-refractivity contribution < 1.29 is 23.1 Å². The number of hydrogen-bond acceptors (Lipinski definition) is 4. The number of benzene rings is 1. The van der Waals surface area contributed by atoms with Crippen molar-refractivity contribution in [3.05, 3.63) is 30.3 Å². The highest BCUT2D eigenvalue weighted by Gasteiger charge is 2.36. The summed E-state index contributed by atoms with van der Waals surface area (Å²) in [6.45, 7) is 1.87. The molecule has 2 unspecified atom stereocenters. The number of rotatable bonds is 5. The van der Waals surface area contributed by atoms with Crippen molar-refractivity contribution in [3.8, 4) is 0 Å². The Bertz CT molecular complexity index is 704. The van der Waals surface area contributed by atoms with E-state index in [-0.39, 0.29) is 17.3 Å². The number of carbonyl (C=O) groups is 2. The largest absolute Gasteiger partial charge is 0.480 e. The van der Waals surface area contributed by atoms with E-state index in [2.05, 4.69) is 0 Å². The first-order valence-electron chi connectivity index (χ1n) is 7.80. The number of amides is 1. The summed E-state index contributed by atoms with van der Waals surface area (Å²) < 4.78 is 26.7. The second kappa shape index (κ2) is 7.31. The van der Waals surface area contributed by atoms with Crippen LogP contribution in [0.15, 0.2) is 35.2 Å². The molecule has 1 saturated heterocycles. The van der Waals surface area contributed by atoms with E-state index in [1.54, 1.807) is 18.2 Å². The molecular formula is C16H22N2O5S. The van der Waals surface area contributed by atoms with E-state index < -0.39 is 28.0 Å². The quantitative estimate of drug-likeness (QED) is 0.852. The molecule has 2 rings (SSSR count). The summed E-state index contributed by atoms with van der Waals surface area (Å²) in [7, 11) is -2.21. The number of carboxylic acid groups (broad SMARTS) is 1. The van der Waals surface area contributed by atoms with Gasteiger partial charge in [0.15, 0.2) is 0 Å². The molecule has 1 aromatic carbocycles. The van der Waals surface area contributed by atoms with Gasteiger partial charge in [-0.1, -0.05) is 18.2 Å². The zero-order chi connectivity index (χ0) is 17.9. The van der Waals surface area contributed by atoms with Crippen LogP contribution in [-0.2, 0) is 19.6 Å². The first-order valence-corrected chi connectivity index (χ1v) is 9.24. The van der Waals surface area contributed by atoms with Gasteiger partial charge in [0.1, 0.15) is 6.04 Å². The summed E-state index contributed by atoms with van der Waals surface area (Å²) in [6.07, 6.45) is 1.12. The maximum absolute atomic E-state index is 12.7. The number of carboxylic acids is 1. The van der Waals surface area contributed by atoms with Crippen LogP contribution < -0.4 is 0 Å². The Hall–Kier alpha value is -1.93. The smallest absolute Gasteiger partial charge is 0.326 e. The lowest BCUT2D eigenvalue weighted by atomic mass is 9.97. The highest BCUT2D eigenvalue weighted by molar-refractivity contribution is 7.89. The number of likely N-dealkylation sites (N-methyl/N-ethyl adjacent to an activating group) is 1. The first-order chi connectivity index (χ1) is 11.2. The van der Waals surface area contributed by atoms with E-state index in [9.17, 15) is 18.0 Å². The lowest BCUT2D eigenvalue weighted by molar-refractivity contribution is -0.150. The molecule has 0 spiro atoms. The van der Waals surface area contributed by atoms with Crippen molar-refractivity contribution in [3.63, 3.8) is 0 Å². The van der Waals surface area contributed by atoms with Crippen molar-refractivity contribution >= 4 is 21.9 Å². The Morgan fingerprint density at radius 3 is 2.50 bits per heavy atom. The summed E-state index contributed by atoms with van der Waals surface area (Å²) in [4.78, 5) is 24.9. The van der Waals surface area contributed by atoms with Crippen LogP contribution in [0, 0.1) is 5.92 Å². The van der Waals surface area contributed by atoms with Crippen molar-refractivity contribution in [1.82, 2.24) is 9.21 Å². The van der Waals surface area contributed by atoms with Gasteiger partial charge < -0.3 is 10.0 Å². The third-order valence-corrected chi connectivity index (χ3v) is 6.28. The lowest BCUT2D eigenvalue weighted by Crippen LogP contribution is -2.49. The fourth-order valence-electron chi connectivity index (χ4n) is 2.75. The van der Waals surface area contributed by atoms with E-state index in [1.165, 1.54) is 35.3 Å². The number of piperidine rings is 1. The van der Waals surface area contributed by atoms with Gasteiger partial charge in [0.25, 0.3) is 0 Å². The maximum Gasteiger partial charge on any atom is 0.326 e. The molecule has 2 atom stereocenters. The molecule has 1 heterocycles. The van der Waals surface area contributed by atoms with E-state index in [4.69, 9.17) is 5.11 Å². The molecule has 1 aromatic rings. The molecular weight excluding hydrogens is 332 g/mol. The number of nitrogens with zero attached hydrogens (tertiary/aromatic N) is 2. The molecule has 132 valence electrons. The molecule has 24 heavy (non-hydrogen) atoms. The standard InChI is InChI=1S/C16H22N2O5S/c1-12(16(20)21)17(2)15(19)13-7-6-10-18(11-13)24(22,23)14-8-4-3-5-9-14/h3-5,8-9,12-13H,6-7,10-11H2,1-2H3,(H,20,21). The summed E-state index contributed by atoms with van der Waals surface area (Å²) in [5.41, 5.74) is 0. The molecule has 7 nitrogen and oxygen atoms in total. The van der Waals surface area contributed by atoms with Gasteiger partial charge in [-0.2, -0.15) is 4.31 Å². The average Bonchev–Trinajstić information content (AvgIpc) is 2.60. The van der Waals surface area contributed by atoms with Crippen molar-refractivity contribution in [2.45, 2.75) is 30.7 Å². The van der Waals surface area contributed by atoms with Gasteiger partial charge in [-0.15, -0.1) is 0 Å². The summed E-state index contributed by atoms with van der Waals surface area (Å²) in [5.74, 6) is -1.95. The van der Waals surface area contributed by atoms with Crippen molar-refractivity contribution in [2.75, 3.05) is 20.1 Å². The third kappa shape index (κ3) is 3.76. The van der Waals surface area contributed by atoms with Crippen LogP contribution in [0.2, 0.25) is 0 Å². The molecule has 0 aliphatic carbocycles. The Balaban J connectivity index is 2.15. The molecule has 1 aliphatic heterocycles. The normalized spacial score (nSPS) is 20.3. The predicted octanol–water partition coefficient (Wildman–Crippen LogP) is 1.02. The lowest BCUT2D eigenvalue weighted by Gasteiger charge is -2.34. The number of aliphatic carboxylic acids is 1. The van der Waals surface area contributed by atoms with Gasteiger partial charge in [0.2, 0.25) is 15.9 Å². The summed E-state index contributed by atoms with van der Waals surface area (Å²) >= 11 is 0. The first kappa shape index (κ1) is 18.4.